The van der Waals surface area contributed by atoms with Gasteiger partial charge in [-0.25, -0.2) is 9.37 Å². The second-order valence-electron chi connectivity index (χ2n) is 5.29. The van der Waals surface area contributed by atoms with Gasteiger partial charge in [0.05, 0.1) is 5.69 Å². The van der Waals surface area contributed by atoms with E-state index >= 15 is 0 Å². The van der Waals surface area contributed by atoms with Crippen molar-refractivity contribution in [3.05, 3.63) is 47.3 Å². The Bertz CT molecular complexity index is 676. The highest BCUT2D eigenvalue weighted by Gasteiger charge is 2.24. The van der Waals surface area contributed by atoms with E-state index in [9.17, 15) is 14.3 Å². The number of nitrogens with zero attached hydrogens (tertiary/aromatic N) is 2. The summed E-state index contributed by atoms with van der Waals surface area (Å²) >= 11 is 0. The zero-order chi connectivity index (χ0) is 15.0. The topological polar surface area (TPSA) is 67.2 Å². The number of benzene rings is 1. The second kappa shape index (κ2) is 5.20. The SMILES string of the molecule is Cc1cn2c(n1)CCC(NC(=O)c1c(O)cccc1F)C2. The van der Waals surface area contributed by atoms with Gasteiger partial charge < -0.3 is 15.0 Å². The fourth-order valence-corrected chi connectivity index (χ4v) is 2.70. The summed E-state index contributed by atoms with van der Waals surface area (Å²) < 4.78 is 15.7. The van der Waals surface area contributed by atoms with E-state index in [1.165, 1.54) is 12.1 Å². The molecule has 1 aliphatic rings. The first kappa shape index (κ1) is 13.6. The largest absolute Gasteiger partial charge is 0.507 e. The molecule has 0 bridgehead atoms. The van der Waals surface area contributed by atoms with E-state index in [2.05, 4.69) is 10.3 Å². The molecule has 1 amide bonds. The Labute approximate surface area is 121 Å². The molecule has 0 saturated heterocycles. The highest BCUT2D eigenvalue weighted by Crippen LogP contribution is 2.21. The molecule has 3 rings (SSSR count). The maximum absolute atomic E-state index is 13.7. The molecule has 1 unspecified atom stereocenters. The molecule has 1 atom stereocenters. The number of hydrogen-bond donors (Lipinski definition) is 2. The Morgan fingerprint density at radius 3 is 3.10 bits per heavy atom. The summed E-state index contributed by atoms with van der Waals surface area (Å²) in [6.07, 6.45) is 3.45. The van der Waals surface area contributed by atoms with Crippen molar-refractivity contribution < 1.29 is 14.3 Å². The number of aromatic hydroxyl groups is 1. The standard InChI is InChI=1S/C15H16FN3O2/c1-9-7-19-8-10(5-6-13(19)17-9)18-15(21)14-11(16)3-2-4-12(14)20/h2-4,7,10,20H,5-6,8H2,1H3,(H,18,21). The monoisotopic (exact) mass is 289 g/mol. The highest BCUT2D eigenvalue weighted by molar-refractivity contribution is 5.97. The zero-order valence-electron chi connectivity index (χ0n) is 11.6. The van der Waals surface area contributed by atoms with E-state index < -0.39 is 11.7 Å². The van der Waals surface area contributed by atoms with Crippen molar-refractivity contribution in [2.45, 2.75) is 32.4 Å². The normalized spacial score (nSPS) is 17.3. The minimum atomic E-state index is -0.720. The first-order valence-electron chi connectivity index (χ1n) is 6.85. The first-order chi connectivity index (χ1) is 10.0. The van der Waals surface area contributed by atoms with E-state index in [1.54, 1.807) is 0 Å². The number of carbonyl (C=O) groups excluding carboxylic acids is 1. The van der Waals surface area contributed by atoms with Crippen LogP contribution in [0.25, 0.3) is 0 Å². The molecule has 0 saturated carbocycles. The number of aryl methyl sites for hydroxylation is 2. The van der Waals surface area contributed by atoms with Crippen molar-refractivity contribution in [1.82, 2.24) is 14.9 Å². The van der Waals surface area contributed by atoms with Crippen LogP contribution >= 0.6 is 0 Å². The number of nitrogens with one attached hydrogen (secondary N) is 1. The molecule has 2 aromatic rings. The fourth-order valence-electron chi connectivity index (χ4n) is 2.70. The Morgan fingerprint density at radius 1 is 1.52 bits per heavy atom. The van der Waals surface area contributed by atoms with E-state index in [0.717, 1.165) is 30.4 Å². The van der Waals surface area contributed by atoms with Gasteiger partial charge in [0, 0.05) is 25.2 Å². The van der Waals surface area contributed by atoms with Gasteiger partial charge in [0.25, 0.3) is 5.91 Å². The molecule has 0 aliphatic carbocycles. The lowest BCUT2D eigenvalue weighted by Gasteiger charge is -2.24. The van der Waals surface area contributed by atoms with Crippen LogP contribution in [0.5, 0.6) is 5.75 Å². The van der Waals surface area contributed by atoms with Crippen LogP contribution in [0.3, 0.4) is 0 Å². The van der Waals surface area contributed by atoms with Gasteiger partial charge in [0.15, 0.2) is 0 Å². The van der Waals surface area contributed by atoms with E-state index in [1.807, 2.05) is 17.7 Å². The quantitative estimate of drug-likeness (QED) is 0.885. The zero-order valence-corrected chi connectivity index (χ0v) is 11.6. The van der Waals surface area contributed by atoms with Crippen LogP contribution in [-0.2, 0) is 13.0 Å². The average molecular weight is 289 g/mol. The molecule has 110 valence electrons. The average Bonchev–Trinajstić information content (AvgIpc) is 2.77. The van der Waals surface area contributed by atoms with Crippen molar-refractivity contribution >= 4 is 5.91 Å². The van der Waals surface area contributed by atoms with Gasteiger partial charge in [-0.2, -0.15) is 0 Å². The maximum Gasteiger partial charge on any atom is 0.258 e. The van der Waals surface area contributed by atoms with Crippen LogP contribution in [0.2, 0.25) is 0 Å². The molecule has 1 aromatic heterocycles. The number of rotatable bonds is 2. The van der Waals surface area contributed by atoms with Gasteiger partial charge in [-0.3, -0.25) is 4.79 Å². The van der Waals surface area contributed by atoms with E-state index in [-0.39, 0.29) is 17.4 Å². The van der Waals surface area contributed by atoms with Crippen LogP contribution in [0.4, 0.5) is 4.39 Å². The molecule has 0 spiro atoms. The number of carbonyl (C=O) groups is 1. The lowest BCUT2D eigenvalue weighted by molar-refractivity contribution is 0.0920. The van der Waals surface area contributed by atoms with Gasteiger partial charge in [0.2, 0.25) is 0 Å². The Balaban J connectivity index is 1.74. The lowest BCUT2D eigenvalue weighted by atomic mass is 10.1. The molecule has 1 aromatic carbocycles. The number of hydrogen-bond acceptors (Lipinski definition) is 3. The van der Waals surface area contributed by atoms with Crippen LogP contribution in [0.1, 0.15) is 28.3 Å². The summed E-state index contributed by atoms with van der Waals surface area (Å²) in [6.45, 7) is 2.54. The van der Waals surface area contributed by atoms with Gasteiger partial charge in [0.1, 0.15) is 23.0 Å². The molecule has 2 heterocycles. The number of imidazole rings is 1. The molecule has 0 fully saturated rings. The molecule has 2 N–H and O–H groups in total. The van der Waals surface area contributed by atoms with Crippen LogP contribution in [-0.4, -0.2) is 26.6 Å². The van der Waals surface area contributed by atoms with Crippen LogP contribution in [0, 0.1) is 12.7 Å². The molecule has 6 heteroatoms. The molecule has 5 nitrogen and oxygen atoms in total. The van der Waals surface area contributed by atoms with Crippen LogP contribution in [0.15, 0.2) is 24.4 Å². The van der Waals surface area contributed by atoms with Crippen molar-refractivity contribution in [2.24, 2.45) is 0 Å². The van der Waals surface area contributed by atoms with Crippen molar-refractivity contribution in [3.8, 4) is 5.75 Å². The van der Waals surface area contributed by atoms with Crippen molar-refractivity contribution in [1.29, 1.82) is 0 Å². The third-order valence-corrected chi connectivity index (χ3v) is 3.67. The van der Waals surface area contributed by atoms with Gasteiger partial charge in [-0.05, 0) is 25.5 Å². The summed E-state index contributed by atoms with van der Waals surface area (Å²) in [5.74, 6) is -0.646. The van der Waals surface area contributed by atoms with Crippen LogP contribution < -0.4 is 5.32 Å². The number of halogens is 1. The Hall–Kier alpha value is -2.37. The molecule has 1 aliphatic heterocycles. The summed E-state index contributed by atoms with van der Waals surface area (Å²) in [4.78, 5) is 16.5. The van der Waals surface area contributed by atoms with Crippen molar-refractivity contribution in [3.63, 3.8) is 0 Å². The number of phenols is 1. The summed E-state index contributed by atoms with van der Waals surface area (Å²) in [6, 6.07) is 3.73. The second-order valence-corrected chi connectivity index (χ2v) is 5.29. The minimum absolute atomic E-state index is 0.0994. The third-order valence-electron chi connectivity index (χ3n) is 3.67. The Morgan fingerprint density at radius 2 is 2.33 bits per heavy atom. The summed E-state index contributed by atoms with van der Waals surface area (Å²) in [5.41, 5.74) is 0.647. The summed E-state index contributed by atoms with van der Waals surface area (Å²) in [7, 11) is 0. The fraction of sp³-hybridized carbons (Fsp3) is 0.333. The predicted molar refractivity (Wildman–Crippen MR) is 74.6 cm³/mol. The van der Waals surface area contributed by atoms with Gasteiger partial charge >= 0.3 is 0 Å². The van der Waals surface area contributed by atoms with E-state index in [4.69, 9.17) is 0 Å². The number of amides is 1. The minimum Gasteiger partial charge on any atom is -0.507 e. The molecule has 0 radical (unpaired) electrons. The third kappa shape index (κ3) is 2.61. The van der Waals surface area contributed by atoms with Gasteiger partial charge in [-0.1, -0.05) is 6.07 Å². The molecular formula is C15H16FN3O2. The molecule has 21 heavy (non-hydrogen) atoms. The highest BCUT2D eigenvalue weighted by atomic mass is 19.1. The van der Waals surface area contributed by atoms with Gasteiger partial charge in [-0.15, -0.1) is 0 Å². The maximum atomic E-state index is 13.7. The Kier molecular flexibility index (Phi) is 3.37. The number of fused-ring (bicyclic) bond motifs is 1. The smallest absolute Gasteiger partial charge is 0.258 e. The number of phenolic OH excluding ortho intramolecular Hbond substituents is 1. The number of aromatic nitrogens is 2. The lowest BCUT2D eigenvalue weighted by Crippen LogP contribution is -2.41. The van der Waals surface area contributed by atoms with Crippen molar-refractivity contribution in [2.75, 3.05) is 0 Å². The van der Waals surface area contributed by atoms with E-state index in [0.29, 0.717) is 6.54 Å². The molecular weight excluding hydrogens is 273 g/mol. The predicted octanol–water partition coefficient (Wildman–Crippen LogP) is 1.78. The summed E-state index contributed by atoms with van der Waals surface area (Å²) in [5, 5.41) is 12.4. The first-order valence-corrected chi connectivity index (χ1v) is 6.85.